The van der Waals surface area contributed by atoms with Gasteiger partial charge in [-0.3, -0.25) is 9.78 Å². The zero-order chi connectivity index (χ0) is 16.1. The van der Waals surface area contributed by atoms with Gasteiger partial charge in [0.05, 0.1) is 15.9 Å². The van der Waals surface area contributed by atoms with E-state index in [4.69, 9.17) is 0 Å². The third-order valence-electron chi connectivity index (χ3n) is 3.55. The van der Waals surface area contributed by atoms with Crippen molar-refractivity contribution < 1.29 is 4.79 Å². The summed E-state index contributed by atoms with van der Waals surface area (Å²) in [6, 6.07) is 11.7. The molecule has 1 aromatic carbocycles. The smallest absolute Gasteiger partial charge is 0.251 e. The number of hydrogen-bond donors (Lipinski definition) is 2. The zero-order valence-electron chi connectivity index (χ0n) is 13.0. The number of rotatable bonds is 6. The summed E-state index contributed by atoms with van der Waals surface area (Å²) in [7, 11) is 0. The summed E-state index contributed by atoms with van der Waals surface area (Å²) in [6.07, 6.45) is 2.75. The minimum absolute atomic E-state index is 0.0155. The number of nitrogens with one attached hydrogen (secondary N) is 2. The molecule has 2 aromatic heterocycles. The van der Waals surface area contributed by atoms with Crippen molar-refractivity contribution in [2.45, 2.75) is 19.9 Å². The fraction of sp³-hybridized carbons (Fsp3) is 0.222. The molecule has 2 N–H and O–H groups in total. The molecule has 0 aliphatic heterocycles. The van der Waals surface area contributed by atoms with E-state index in [0.29, 0.717) is 18.7 Å². The van der Waals surface area contributed by atoms with E-state index in [1.807, 2.05) is 54.9 Å². The molecule has 0 fully saturated rings. The van der Waals surface area contributed by atoms with Crippen molar-refractivity contribution in [3.8, 4) is 0 Å². The third kappa shape index (κ3) is 3.68. The van der Waals surface area contributed by atoms with E-state index in [9.17, 15) is 4.79 Å². The number of amides is 1. The Morgan fingerprint density at radius 1 is 1.26 bits per heavy atom. The normalized spacial score (nSPS) is 10.7. The number of aromatic nitrogens is 1. The van der Waals surface area contributed by atoms with Crippen molar-refractivity contribution in [1.82, 2.24) is 10.3 Å². The average Bonchev–Trinajstić information content (AvgIpc) is 3.07. The molecular weight excluding hydrogens is 306 g/mol. The van der Waals surface area contributed by atoms with Crippen molar-refractivity contribution >= 4 is 33.1 Å². The van der Waals surface area contributed by atoms with Crippen LogP contribution in [-0.4, -0.2) is 17.4 Å². The molecule has 1 amide bonds. The summed E-state index contributed by atoms with van der Waals surface area (Å²) in [6.45, 7) is 3.42. The molecular formula is C18H19N3OS. The molecule has 0 bridgehead atoms. The highest BCUT2D eigenvalue weighted by atomic mass is 32.1. The molecule has 0 unspecified atom stereocenters. The molecule has 0 saturated carbocycles. The highest BCUT2D eigenvalue weighted by Crippen LogP contribution is 2.27. The van der Waals surface area contributed by atoms with Crippen molar-refractivity contribution in [2.75, 3.05) is 11.9 Å². The maximum Gasteiger partial charge on any atom is 0.251 e. The van der Waals surface area contributed by atoms with Gasteiger partial charge in [-0.2, -0.15) is 0 Å². The van der Waals surface area contributed by atoms with Crippen LogP contribution in [0.3, 0.4) is 0 Å². The maximum atomic E-state index is 12.0. The summed E-state index contributed by atoms with van der Waals surface area (Å²) in [4.78, 5) is 16.4. The number of benzene rings is 1. The van der Waals surface area contributed by atoms with Crippen molar-refractivity contribution in [1.29, 1.82) is 0 Å². The molecule has 0 spiro atoms. The number of nitrogens with zero attached hydrogens (tertiary/aromatic N) is 1. The molecule has 0 aliphatic carbocycles. The van der Waals surface area contributed by atoms with E-state index in [1.54, 1.807) is 11.3 Å². The Hall–Kier alpha value is -2.40. The Kier molecular flexibility index (Phi) is 4.88. The first kappa shape index (κ1) is 15.5. The molecule has 5 heteroatoms. The predicted molar refractivity (Wildman–Crippen MR) is 96.0 cm³/mol. The Bertz CT molecular complexity index is 813. The molecule has 0 radical (unpaired) electrons. The molecule has 3 rings (SSSR count). The molecule has 23 heavy (non-hydrogen) atoms. The van der Waals surface area contributed by atoms with Crippen molar-refractivity contribution in [3.63, 3.8) is 0 Å². The summed E-state index contributed by atoms with van der Waals surface area (Å²) in [5, 5.41) is 8.39. The molecule has 0 saturated heterocycles. The van der Waals surface area contributed by atoms with Gasteiger partial charge in [-0.05, 0) is 41.6 Å². The summed E-state index contributed by atoms with van der Waals surface area (Å²) >= 11 is 1.68. The number of carbonyl (C=O) groups is 1. The van der Waals surface area contributed by atoms with Crippen LogP contribution in [0, 0.1) is 0 Å². The molecule has 2 heterocycles. The zero-order valence-corrected chi connectivity index (χ0v) is 13.8. The summed E-state index contributed by atoms with van der Waals surface area (Å²) < 4.78 is 1.16. The fourth-order valence-electron chi connectivity index (χ4n) is 2.37. The minimum atomic E-state index is -0.0155. The molecule has 3 aromatic rings. The summed E-state index contributed by atoms with van der Waals surface area (Å²) in [5.74, 6) is -0.0155. The predicted octanol–water partition coefficient (Wildman–Crippen LogP) is 4.05. The van der Waals surface area contributed by atoms with Crippen LogP contribution >= 0.6 is 11.3 Å². The van der Waals surface area contributed by atoms with E-state index in [2.05, 4.69) is 15.6 Å². The van der Waals surface area contributed by atoms with E-state index >= 15 is 0 Å². The van der Waals surface area contributed by atoms with Gasteiger partial charge in [0.2, 0.25) is 0 Å². The van der Waals surface area contributed by atoms with Gasteiger partial charge < -0.3 is 10.6 Å². The summed E-state index contributed by atoms with van der Waals surface area (Å²) in [5.41, 5.74) is 3.86. The first-order chi connectivity index (χ1) is 11.3. The van der Waals surface area contributed by atoms with Crippen LogP contribution in [0.4, 0.5) is 5.69 Å². The van der Waals surface area contributed by atoms with Crippen LogP contribution in [0.15, 0.2) is 48.0 Å². The number of thiophene rings is 1. The van der Waals surface area contributed by atoms with Gasteiger partial charge >= 0.3 is 0 Å². The topological polar surface area (TPSA) is 54.0 Å². The number of pyridine rings is 1. The van der Waals surface area contributed by atoms with E-state index in [-0.39, 0.29) is 5.91 Å². The maximum absolute atomic E-state index is 12.0. The Labute approximate surface area is 139 Å². The van der Waals surface area contributed by atoms with E-state index in [0.717, 1.165) is 27.9 Å². The van der Waals surface area contributed by atoms with Crippen LogP contribution in [0.5, 0.6) is 0 Å². The van der Waals surface area contributed by atoms with Gasteiger partial charge in [0, 0.05) is 24.8 Å². The van der Waals surface area contributed by atoms with Crippen molar-refractivity contribution in [2.24, 2.45) is 0 Å². The van der Waals surface area contributed by atoms with Gasteiger partial charge in [-0.25, -0.2) is 0 Å². The lowest BCUT2D eigenvalue weighted by molar-refractivity contribution is 0.0953. The lowest BCUT2D eigenvalue weighted by atomic mass is 10.1. The lowest BCUT2D eigenvalue weighted by Gasteiger charge is -2.09. The van der Waals surface area contributed by atoms with Crippen LogP contribution in [-0.2, 0) is 6.54 Å². The molecule has 0 atom stereocenters. The molecule has 0 aliphatic rings. The number of fused-ring (bicyclic) bond motifs is 1. The van der Waals surface area contributed by atoms with Gasteiger partial charge in [0.15, 0.2) is 0 Å². The van der Waals surface area contributed by atoms with Crippen LogP contribution < -0.4 is 10.6 Å². The molecule has 4 nitrogen and oxygen atoms in total. The quantitative estimate of drug-likeness (QED) is 0.719. The van der Waals surface area contributed by atoms with Crippen LogP contribution in [0.1, 0.15) is 29.3 Å². The third-order valence-corrected chi connectivity index (χ3v) is 4.49. The van der Waals surface area contributed by atoms with E-state index in [1.165, 1.54) is 0 Å². The average molecular weight is 325 g/mol. The van der Waals surface area contributed by atoms with Crippen molar-refractivity contribution in [3.05, 3.63) is 59.1 Å². The first-order valence-corrected chi connectivity index (χ1v) is 8.59. The Morgan fingerprint density at radius 3 is 3.04 bits per heavy atom. The van der Waals surface area contributed by atoms with Crippen LogP contribution in [0.2, 0.25) is 0 Å². The minimum Gasteiger partial charge on any atom is -0.380 e. The van der Waals surface area contributed by atoms with Crippen LogP contribution in [0.25, 0.3) is 10.2 Å². The number of carbonyl (C=O) groups excluding carboxylic acids is 1. The Morgan fingerprint density at radius 2 is 2.17 bits per heavy atom. The fourth-order valence-corrected chi connectivity index (χ4v) is 3.21. The van der Waals surface area contributed by atoms with Gasteiger partial charge in [0.25, 0.3) is 5.91 Å². The largest absolute Gasteiger partial charge is 0.380 e. The highest BCUT2D eigenvalue weighted by molar-refractivity contribution is 7.17. The number of anilines is 1. The highest BCUT2D eigenvalue weighted by Gasteiger charge is 2.06. The van der Waals surface area contributed by atoms with Gasteiger partial charge in [-0.15, -0.1) is 11.3 Å². The second-order valence-corrected chi connectivity index (χ2v) is 6.22. The Balaban J connectivity index is 1.71. The standard InChI is InChI=1S/C18H19N3OS/c1-2-8-20-18(22)14-5-3-4-13(11-14)12-21-15-6-9-19-16-7-10-23-17(15)16/h3-7,9-11H,2,8,12H2,1H3,(H,19,21)(H,20,22). The van der Waals surface area contributed by atoms with Gasteiger partial charge in [0.1, 0.15) is 0 Å². The second-order valence-electron chi connectivity index (χ2n) is 5.30. The monoisotopic (exact) mass is 325 g/mol. The number of hydrogen-bond acceptors (Lipinski definition) is 4. The molecule has 118 valence electrons. The first-order valence-electron chi connectivity index (χ1n) is 7.71. The SMILES string of the molecule is CCCNC(=O)c1cccc(CNc2ccnc3ccsc23)c1. The van der Waals surface area contributed by atoms with E-state index < -0.39 is 0 Å². The lowest BCUT2D eigenvalue weighted by Crippen LogP contribution is -2.24. The second kappa shape index (κ2) is 7.24. The van der Waals surface area contributed by atoms with Gasteiger partial charge in [-0.1, -0.05) is 19.1 Å².